The number of rotatable bonds is 9. The van der Waals surface area contributed by atoms with Crippen LogP contribution in [0.5, 0.6) is 0 Å². The molecule has 0 bridgehead atoms. The van der Waals surface area contributed by atoms with Crippen molar-refractivity contribution in [2.75, 3.05) is 7.05 Å². The maximum absolute atomic E-state index is 9.49. The molecule has 118 valence electrons. The summed E-state index contributed by atoms with van der Waals surface area (Å²) in [7, 11) is 1.72. The Morgan fingerprint density at radius 3 is 2.45 bits per heavy atom. The van der Waals surface area contributed by atoms with E-state index in [1.165, 1.54) is 17.7 Å². The number of nitrogens with zero attached hydrogens (tertiary/aromatic N) is 1. The number of hydrogen-bond acceptors (Lipinski definition) is 2. The minimum atomic E-state index is 0.150. The van der Waals surface area contributed by atoms with Crippen LogP contribution in [0.25, 0.3) is 0 Å². The molecule has 0 aromatic rings. The molecular weight excluding hydrogens is 270 g/mol. The fraction of sp³-hybridized carbons (Fsp3) is 0.250. The third kappa shape index (κ3) is 8.75. The average molecular weight is 297 g/mol. The van der Waals surface area contributed by atoms with E-state index < -0.39 is 0 Å². The highest BCUT2D eigenvalue weighted by atomic mass is 16.3. The highest BCUT2D eigenvalue weighted by Crippen LogP contribution is 2.16. The van der Waals surface area contributed by atoms with E-state index in [-0.39, 0.29) is 5.76 Å². The van der Waals surface area contributed by atoms with Gasteiger partial charge in [-0.25, -0.2) is 0 Å². The molecule has 0 atom stereocenters. The zero-order chi connectivity index (χ0) is 16.8. The molecule has 0 aliphatic rings. The summed E-state index contributed by atoms with van der Waals surface area (Å²) in [6.45, 7) is 11.8. The first-order valence-corrected chi connectivity index (χ1v) is 7.42. The quantitative estimate of drug-likeness (QED) is 0.332. The Morgan fingerprint density at radius 2 is 1.91 bits per heavy atom. The molecule has 0 aromatic heterocycles. The topological polar surface area (TPSA) is 32.6 Å². The Hall–Kier alpha value is -2.35. The molecule has 2 heteroatoms. The van der Waals surface area contributed by atoms with Gasteiger partial charge in [0.1, 0.15) is 5.76 Å². The van der Waals surface area contributed by atoms with E-state index >= 15 is 0 Å². The molecule has 0 aliphatic carbocycles. The van der Waals surface area contributed by atoms with Crippen molar-refractivity contribution in [1.29, 1.82) is 0 Å². The third-order valence-corrected chi connectivity index (χ3v) is 2.95. The maximum atomic E-state index is 9.49. The van der Waals surface area contributed by atoms with Gasteiger partial charge in [0.2, 0.25) is 0 Å². The lowest BCUT2D eigenvalue weighted by atomic mass is 10.0. The SMILES string of the molecule is C=C/C=C(O)/C=C/C(/C=C\CC(=C)/C(=C/C=C\C)CC)=NC. The van der Waals surface area contributed by atoms with Gasteiger partial charge in [-0.3, -0.25) is 4.99 Å². The first-order chi connectivity index (χ1) is 10.6. The largest absolute Gasteiger partial charge is 0.508 e. The molecule has 0 fully saturated rings. The second-order valence-electron chi connectivity index (χ2n) is 4.59. The molecule has 0 aliphatic heterocycles. The fourth-order valence-corrected chi connectivity index (χ4v) is 1.70. The van der Waals surface area contributed by atoms with Gasteiger partial charge in [0.05, 0.1) is 5.71 Å². The standard InChI is InChI=1S/C20H27NO/c1-6-9-13-18(8-3)17(4)12-10-14-19(21-5)15-16-20(22)11-7-2/h6-7,9-11,13-16,22H,2,4,8,12H2,1,3,5H3/b9-6-,14-10-,16-15+,18-13+,20-11-,21-19?. The van der Waals surface area contributed by atoms with Crippen LogP contribution in [-0.2, 0) is 0 Å². The van der Waals surface area contributed by atoms with Crippen LogP contribution < -0.4 is 0 Å². The minimum Gasteiger partial charge on any atom is -0.508 e. The molecule has 22 heavy (non-hydrogen) atoms. The van der Waals surface area contributed by atoms with Crippen LogP contribution in [0.2, 0.25) is 0 Å². The summed E-state index contributed by atoms with van der Waals surface area (Å²) >= 11 is 0. The predicted molar refractivity (Wildman–Crippen MR) is 99.5 cm³/mol. The molecule has 2 nitrogen and oxygen atoms in total. The molecule has 1 N–H and O–H groups in total. The Morgan fingerprint density at radius 1 is 1.18 bits per heavy atom. The second-order valence-corrected chi connectivity index (χ2v) is 4.59. The molecular formula is C20H27NO. The Kier molecular flexibility index (Phi) is 11.1. The molecule has 0 radical (unpaired) electrons. The number of hydrogen-bond donors (Lipinski definition) is 1. The van der Waals surface area contributed by atoms with E-state index in [0.717, 1.165) is 24.1 Å². The van der Waals surface area contributed by atoms with E-state index in [2.05, 4.69) is 31.2 Å². The van der Waals surface area contributed by atoms with E-state index in [4.69, 9.17) is 0 Å². The highest BCUT2D eigenvalue weighted by molar-refractivity contribution is 6.04. The molecule has 0 heterocycles. The smallest absolute Gasteiger partial charge is 0.115 e. The summed E-state index contributed by atoms with van der Waals surface area (Å²) in [6, 6.07) is 0. The number of aliphatic hydroxyl groups is 1. The lowest BCUT2D eigenvalue weighted by Gasteiger charge is -2.05. The molecule has 0 spiro atoms. The van der Waals surface area contributed by atoms with Crippen molar-refractivity contribution in [3.63, 3.8) is 0 Å². The van der Waals surface area contributed by atoms with Gasteiger partial charge >= 0.3 is 0 Å². The van der Waals surface area contributed by atoms with Crippen molar-refractivity contribution in [2.24, 2.45) is 4.99 Å². The van der Waals surface area contributed by atoms with Gasteiger partial charge in [0.25, 0.3) is 0 Å². The fourth-order valence-electron chi connectivity index (χ4n) is 1.70. The van der Waals surface area contributed by atoms with Crippen LogP contribution in [0.1, 0.15) is 26.7 Å². The molecule has 0 unspecified atom stereocenters. The zero-order valence-electron chi connectivity index (χ0n) is 13.9. The van der Waals surface area contributed by atoms with Gasteiger partial charge in [0.15, 0.2) is 0 Å². The molecule has 0 aromatic carbocycles. The number of allylic oxidation sites excluding steroid dienone is 11. The van der Waals surface area contributed by atoms with Crippen LogP contribution in [0.15, 0.2) is 89.7 Å². The van der Waals surface area contributed by atoms with E-state index in [0.29, 0.717) is 0 Å². The van der Waals surface area contributed by atoms with Crippen molar-refractivity contribution in [3.05, 3.63) is 84.7 Å². The maximum Gasteiger partial charge on any atom is 0.115 e. The lowest BCUT2D eigenvalue weighted by Crippen LogP contribution is -1.89. The zero-order valence-corrected chi connectivity index (χ0v) is 13.9. The predicted octanol–water partition coefficient (Wildman–Crippen LogP) is 5.66. The van der Waals surface area contributed by atoms with Gasteiger partial charge in [0, 0.05) is 7.05 Å². The Bertz CT molecular complexity index is 540. The summed E-state index contributed by atoms with van der Waals surface area (Å²) in [4.78, 5) is 4.16. The monoisotopic (exact) mass is 297 g/mol. The summed E-state index contributed by atoms with van der Waals surface area (Å²) in [5, 5.41) is 9.49. The summed E-state index contributed by atoms with van der Waals surface area (Å²) < 4.78 is 0. The number of aliphatic imine (C=N–C) groups is 1. The minimum absolute atomic E-state index is 0.150. The van der Waals surface area contributed by atoms with Gasteiger partial charge in [-0.15, -0.1) is 0 Å². The van der Waals surface area contributed by atoms with Crippen molar-refractivity contribution in [1.82, 2.24) is 0 Å². The van der Waals surface area contributed by atoms with Gasteiger partial charge in [-0.1, -0.05) is 50.5 Å². The molecule has 0 rings (SSSR count). The normalized spacial score (nSPS) is 14.4. The second kappa shape index (κ2) is 12.4. The third-order valence-electron chi connectivity index (χ3n) is 2.95. The van der Waals surface area contributed by atoms with Gasteiger partial charge < -0.3 is 5.11 Å². The Balaban J connectivity index is 4.73. The average Bonchev–Trinajstić information content (AvgIpc) is 2.51. The van der Waals surface area contributed by atoms with Gasteiger partial charge in [-0.05, 0) is 55.2 Å². The highest BCUT2D eigenvalue weighted by Gasteiger charge is 1.97. The van der Waals surface area contributed by atoms with Crippen LogP contribution in [0.3, 0.4) is 0 Å². The van der Waals surface area contributed by atoms with Crippen molar-refractivity contribution < 1.29 is 5.11 Å². The summed E-state index contributed by atoms with van der Waals surface area (Å²) in [5.41, 5.74) is 3.14. The van der Waals surface area contributed by atoms with Crippen molar-refractivity contribution in [2.45, 2.75) is 26.7 Å². The van der Waals surface area contributed by atoms with Gasteiger partial charge in [-0.2, -0.15) is 0 Å². The van der Waals surface area contributed by atoms with E-state index in [9.17, 15) is 5.11 Å². The molecule has 0 saturated heterocycles. The van der Waals surface area contributed by atoms with E-state index in [1.54, 1.807) is 19.2 Å². The summed E-state index contributed by atoms with van der Waals surface area (Å²) in [6.07, 6.45) is 18.2. The Labute approximate surface area is 135 Å². The van der Waals surface area contributed by atoms with Crippen LogP contribution in [-0.4, -0.2) is 17.9 Å². The lowest BCUT2D eigenvalue weighted by molar-refractivity contribution is 0.433. The van der Waals surface area contributed by atoms with Crippen LogP contribution in [0.4, 0.5) is 0 Å². The summed E-state index contributed by atoms with van der Waals surface area (Å²) in [5.74, 6) is 0.150. The first kappa shape index (κ1) is 19.7. The van der Waals surface area contributed by atoms with Crippen LogP contribution >= 0.6 is 0 Å². The van der Waals surface area contributed by atoms with Crippen molar-refractivity contribution in [3.8, 4) is 0 Å². The van der Waals surface area contributed by atoms with E-state index in [1.807, 2.05) is 31.2 Å². The molecule has 0 saturated carbocycles. The first-order valence-electron chi connectivity index (χ1n) is 7.42. The molecule has 0 amide bonds. The van der Waals surface area contributed by atoms with Crippen LogP contribution in [0, 0.1) is 0 Å². The van der Waals surface area contributed by atoms with Crippen molar-refractivity contribution >= 4 is 5.71 Å². The number of aliphatic hydroxyl groups excluding tert-OH is 1.